The van der Waals surface area contributed by atoms with E-state index in [-0.39, 0.29) is 16.3 Å². The molecule has 3 aromatic carbocycles. The third kappa shape index (κ3) is 6.44. The van der Waals surface area contributed by atoms with Crippen molar-refractivity contribution >= 4 is 54.6 Å². The van der Waals surface area contributed by atoms with Gasteiger partial charge in [-0.15, -0.1) is 0 Å². The van der Waals surface area contributed by atoms with Crippen LogP contribution in [-0.4, -0.2) is 35.5 Å². The van der Waals surface area contributed by atoms with Gasteiger partial charge >= 0.3 is 0 Å². The number of sulfonamides is 2. The Morgan fingerprint density at radius 2 is 1.48 bits per heavy atom. The van der Waals surface area contributed by atoms with Crippen molar-refractivity contribution in [1.82, 2.24) is 0 Å². The largest absolute Gasteiger partial charge is 0.325 e. The Morgan fingerprint density at radius 3 is 2.06 bits per heavy atom. The van der Waals surface area contributed by atoms with Gasteiger partial charge in [0.15, 0.2) is 0 Å². The van der Waals surface area contributed by atoms with Crippen LogP contribution in [0, 0.1) is 5.82 Å². The highest BCUT2D eigenvalue weighted by molar-refractivity contribution is 7.92. The number of hydrogen-bond donors (Lipinski definition) is 2. The Bertz CT molecular complexity index is 1360. The van der Waals surface area contributed by atoms with E-state index >= 15 is 0 Å². The van der Waals surface area contributed by atoms with Crippen LogP contribution in [0.2, 0.25) is 5.02 Å². The second-order valence-corrected chi connectivity index (χ2v) is 10.9. The molecule has 12 heteroatoms. The summed E-state index contributed by atoms with van der Waals surface area (Å²) in [4.78, 5) is 12.4. The van der Waals surface area contributed by atoms with E-state index < -0.39 is 38.3 Å². The van der Waals surface area contributed by atoms with Crippen LogP contribution in [0.15, 0.2) is 77.7 Å². The Morgan fingerprint density at radius 1 is 0.909 bits per heavy atom. The Labute approximate surface area is 196 Å². The van der Waals surface area contributed by atoms with Crippen molar-refractivity contribution in [3.8, 4) is 0 Å². The first-order valence-electron chi connectivity index (χ1n) is 9.36. The summed E-state index contributed by atoms with van der Waals surface area (Å²) < 4.78 is 66.4. The van der Waals surface area contributed by atoms with Gasteiger partial charge < -0.3 is 5.32 Å². The lowest BCUT2D eigenvalue weighted by Crippen LogP contribution is -2.38. The average Bonchev–Trinajstić information content (AvgIpc) is 2.74. The summed E-state index contributed by atoms with van der Waals surface area (Å²) in [6.07, 6.45) is 0.861. The van der Waals surface area contributed by atoms with Gasteiger partial charge in [0.2, 0.25) is 15.9 Å². The fourth-order valence-electron chi connectivity index (χ4n) is 2.82. The van der Waals surface area contributed by atoms with Crippen molar-refractivity contribution in [1.29, 1.82) is 0 Å². The third-order valence-electron chi connectivity index (χ3n) is 4.35. The van der Waals surface area contributed by atoms with Gasteiger partial charge in [0, 0.05) is 16.4 Å². The lowest BCUT2D eigenvalue weighted by atomic mass is 10.3. The number of rotatable bonds is 8. The van der Waals surface area contributed by atoms with E-state index in [9.17, 15) is 26.0 Å². The number of benzene rings is 3. The highest BCUT2D eigenvalue weighted by atomic mass is 35.5. The summed E-state index contributed by atoms with van der Waals surface area (Å²) in [7, 11) is -7.84. The molecule has 0 aliphatic carbocycles. The van der Waals surface area contributed by atoms with Gasteiger partial charge in [0.05, 0.1) is 16.8 Å². The molecule has 174 valence electrons. The number of nitrogens with one attached hydrogen (secondary N) is 2. The van der Waals surface area contributed by atoms with Gasteiger partial charge in [0.25, 0.3) is 10.0 Å². The van der Waals surface area contributed by atoms with E-state index in [0.717, 1.165) is 12.3 Å². The maximum absolute atomic E-state index is 14.1. The zero-order valence-corrected chi connectivity index (χ0v) is 19.6. The van der Waals surface area contributed by atoms with Crippen molar-refractivity contribution < 1.29 is 26.0 Å². The first kappa shape index (κ1) is 24.5. The number of carbonyl (C=O) groups is 1. The SMILES string of the molecule is CS(=O)(=O)N(CC(=O)Nc1ccc(S(=O)(=O)Nc2ccc(Cl)cc2)cc1)c1ccccc1F. The average molecular weight is 512 g/mol. The van der Waals surface area contributed by atoms with Crippen LogP contribution in [0.1, 0.15) is 0 Å². The minimum Gasteiger partial charge on any atom is -0.325 e. The van der Waals surface area contributed by atoms with Crippen LogP contribution in [0.5, 0.6) is 0 Å². The molecule has 8 nitrogen and oxygen atoms in total. The molecular formula is C21H19ClFN3O5S2. The van der Waals surface area contributed by atoms with Crippen molar-refractivity contribution in [3.63, 3.8) is 0 Å². The quantitative estimate of drug-likeness (QED) is 0.479. The molecule has 1 amide bonds. The summed E-state index contributed by atoms with van der Waals surface area (Å²) in [6.45, 7) is -0.669. The van der Waals surface area contributed by atoms with Gasteiger partial charge in [-0.25, -0.2) is 21.2 Å². The molecule has 0 heterocycles. The maximum atomic E-state index is 14.1. The minimum atomic E-state index is -3.95. The number of anilines is 3. The molecule has 0 bridgehead atoms. The zero-order valence-electron chi connectivity index (χ0n) is 17.2. The van der Waals surface area contributed by atoms with Gasteiger partial charge in [0.1, 0.15) is 12.4 Å². The first-order valence-corrected chi connectivity index (χ1v) is 13.1. The van der Waals surface area contributed by atoms with Gasteiger partial charge in [-0.3, -0.25) is 13.8 Å². The Balaban J connectivity index is 1.71. The molecule has 3 rings (SSSR count). The van der Waals surface area contributed by atoms with Crippen LogP contribution in [0.4, 0.5) is 21.5 Å². The summed E-state index contributed by atoms with van der Waals surface area (Å²) in [6, 6.07) is 16.5. The molecule has 0 atom stereocenters. The van der Waals surface area contributed by atoms with Crippen LogP contribution >= 0.6 is 11.6 Å². The highest BCUT2D eigenvalue weighted by Gasteiger charge is 2.23. The van der Waals surface area contributed by atoms with E-state index in [4.69, 9.17) is 11.6 Å². The van der Waals surface area contributed by atoms with Gasteiger partial charge in [-0.1, -0.05) is 23.7 Å². The van der Waals surface area contributed by atoms with E-state index in [2.05, 4.69) is 10.0 Å². The van der Waals surface area contributed by atoms with Crippen LogP contribution in [0.25, 0.3) is 0 Å². The van der Waals surface area contributed by atoms with E-state index in [1.165, 1.54) is 54.6 Å². The van der Waals surface area contributed by atoms with Gasteiger partial charge in [-0.2, -0.15) is 0 Å². The van der Waals surface area contributed by atoms with E-state index in [0.29, 0.717) is 15.0 Å². The predicted octanol–water partition coefficient (Wildman–Crippen LogP) is 3.68. The standard InChI is InChI=1S/C21H19ClFN3O5S2/c1-32(28,29)26(20-5-3-2-4-19(20)23)14-21(27)24-16-10-12-18(13-11-16)33(30,31)25-17-8-6-15(22)7-9-17/h2-13,25H,14H2,1H3,(H,24,27). The zero-order chi connectivity index (χ0) is 24.2. The van der Waals surface area contributed by atoms with Crippen LogP contribution in [-0.2, 0) is 24.8 Å². The van der Waals surface area contributed by atoms with Gasteiger partial charge in [-0.05, 0) is 60.7 Å². The van der Waals surface area contributed by atoms with Crippen molar-refractivity contribution in [2.24, 2.45) is 0 Å². The number of hydrogen-bond acceptors (Lipinski definition) is 5. The molecule has 0 saturated carbocycles. The molecule has 0 spiro atoms. The molecule has 0 aliphatic heterocycles. The topological polar surface area (TPSA) is 113 Å². The van der Waals surface area contributed by atoms with Crippen LogP contribution < -0.4 is 14.3 Å². The predicted molar refractivity (Wildman–Crippen MR) is 126 cm³/mol. The summed E-state index contributed by atoms with van der Waals surface area (Å²) in [5.41, 5.74) is 0.295. The van der Waals surface area contributed by atoms with E-state index in [1.807, 2.05) is 0 Å². The number of halogens is 2. The molecular weight excluding hydrogens is 493 g/mol. The third-order valence-corrected chi connectivity index (χ3v) is 7.13. The second-order valence-electron chi connectivity index (χ2n) is 6.91. The molecule has 0 aromatic heterocycles. The van der Waals surface area contributed by atoms with Crippen molar-refractivity contribution in [3.05, 3.63) is 83.6 Å². The first-order chi connectivity index (χ1) is 15.5. The molecule has 3 aromatic rings. The molecule has 0 unspecified atom stereocenters. The van der Waals surface area contributed by atoms with Crippen molar-refractivity contribution in [2.45, 2.75) is 4.90 Å². The fraction of sp³-hybridized carbons (Fsp3) is 0.0952. The maximum Gasteiger partial charge on any atom is 0.261 e. The summed E-state index contributed by atoms with van der Waals surface area (Å²) in [5.74, 6) is -1.53. The Kier molecular flexibility index (Phi) is 7.25. The van der Waals surface area contributed by atoms with Crippen LogP contribution in [0.3, 0.4) is 0 Å². The van der Waals surface area contributed by atoms with E-state index in [1.54, 1.807) is 12.1 Å². The van der Waals surface area contributed by atoms with Crippen molar-refractivity contribution in [2.75, 3.05) is 27.1 Å². The lowest BCUT2D eigenvalue weighted by molar-refractivity contribution is -0.114. The molecule has 0 aliphatic rings. The summed E-state index contributed by atoms with van der Waals surface area (Å²) in [5, 5.41) is 2.93. The molecule has 0 radical (unpaired) electrons. The number of carbonyl (C=O) groups excluding carboxylic acids is 1. The second kappa shape index (κ2) is 9.77. The lowest BCUT2D eigenvalue weighted by Gasteiger charge is -2.22. The normalized spacial score (nSPS) is 11.6. The molecule has 33 heavy (non-hydrogen) atoms. The number of amides is 1. The number of para-hydroxylation sites is 1. The minimum absolute atomic E-state index is 0.0560. The summed E-state index contributed by atoms with van der Waals surface area (Å²) >= 11 is 5.79. The Hall–Kier alpha value is -3.15. The smallest absolute Gasteiger partial charge is 0.261 e. The monoisotopic (exact) mass is 511 g/mol. The molecule has 0 fully saturated rings. The number of nitrogens with zero attached hydrogens (tertiary/aromatic N) is 1. The highest BCUT2D eigenvalue weighted by Crippen LogP contribution is 2.22. The molecule has 0 saturated heterocycles. The fourth-order valence-corrected chi connectivity index (χ4v) is 4.86. The molecule has 2 N–H and O–H groups in total.